The Morgan fingerprint density at radius 2 is 2.13 bits per heavy atom. The Hall–Kier alpha value is -2.28. The zero-order valence-electron chi connectivity index (χ0n) is 13.3. The second-order valence-corrected chi connectivity index (χ2v) is 5.76. The maximum Gasteiger partial charge on any atom is 0.254 e. The third-order valence-electron chi connectivity index (χ3n) is 3.94. The van der Waals surface area contributed by atoms with E-state index in [4.69, 9.17) is 9.26 Å². The van der Waals surface area contributed by atoms with Crippen molar-refractivity contribution in [2.45, 2.75) is 32.7 Å². The van der Waals surface area contributed by atoms with Crippen LogP contribution in [0.2, 0.25) is 0 Å². The molecule has 1 N–H and O–H groups in total. The van der Waals surface area contributed by atoms with Crippen LogP contribution in [0.5, 0.6) is 0 Å². The van der Waals surface area contributed by atoms with Crippen LogP contribution in [0.25, 0.3) is 0 Å². The molecule has 7 nitrogen and oxygen atoms in total. The number of rotatable bonds is 5. The molecule has 0 saturated carbocycles. The molecule has 0 spiro atoms. The lowest BCUT2D eigenvalue weighted by atomic mass is 9.98. The van der Waals surface area contributed by atoms with E-state index in [1.807, 2.05) is 19.9 Å². The first-order valence-corrected chi connectivity index (χ1v) is 7.77. The predicted molar refractivity (Wildman–Crippen MR) is 81.9 cm³/mol. The van der Waals surface area contributed by atoms with Crippen LogP contribution in [0.4, 0.5) is 0 Å². The number of carbonyl (C=O) groups is 1. The molecule has 1 saturated heterocycles. The summed E-state index contributed by atoms with van der Waals surface area (Å²) in [5.41, 5.74) is 1.32. The summed E-state index contributed by atoms with van der Waals surface area (Å²) in [5.74, 6) is 1.53. The molecule has 122 valence electrons. The summed E-state index contributed by atoms with van der Waals surface area (Å²) in [6.07, 6.45) is 4.56. The number of nitrogens with zero attached hydrogens (tertiary/aromatic N) is 3. The van der Waals surface area contributed by atoms with Gasteiger partial charge in [0.05, 0.1) is 30.5 Å². The van der Waals surface area contributed by atoms with Crippen molar-refractivity contribution in [3.63, 3.8) is 0 Å². The van der Waals surface area contributed by atoms with Crippen molar-refractivity contribution >= 4 is 5.91 Å². The van der Waals surface area contributed by atoms with Gasteiger partial charge in [0.2, 0.25) is 0 Å². The monoisotopic (exact) mass is 316 g/mol. The van der Waals surface area contributed by atoms with Gasteiger partial charge in [-0.2, -0.15) is 0 Å². The minimum absolute atomic E-state index is 0.0567. The zero-order chi connectivity index (χ0) is 16.2. The molecule has 7 heteroatoms. The number of hydrogen-bond donors (Lipinski definition) is 1. The normalized spacial score (nSPS) is 20.6. The highest BCUT2D eigenvalue weighted by atomic mass is 16.5. The van der Waals surface area contributed by atoms with Gasteiger partial charge >= 0.3 is 0 Å². The first-order chi connectivity index (χ1) is 11.2. The molecule has 2 aromatic rings. The van der Waals surface area contributed by atoms with Crippen molar-refractivity contribution in [2.24, 2.45) is 5.92 Å². The molecule has 3 rings (SSSR count). The summed E-state index contributed by atoms with van der Waals surface area (Å²) >= 11 is 0. The molecule has 0 unspecified atom stereocenters. The Balaban J connectivity index is 1.62. The molecule has 1 aliphatic heterocycles. The molecule has 2 aromatic heterocycles. The van der Waals surface area contributed by atoms with Crippen molar-refractivity contribution in [1.82, 2.24) is 20.4 Å². The average Bonchev–Trinajstić information content (AvgIpc) is 3.17. The molecular formula is C16H20N4O3. The fourth-order valence-electron chi connectivity index (χ4n) is 2.64. The summed E-state index contributed by atoms with van der Waals surface area (Å²) < 4.78 is 10.8. The molecule has 23 heavy (non-hydrogen) atoms. The number of aromatic nitrogens is 3. The number of ether oxygens (including phenoxy) is 1. The Morgan fingerprint density at radius 1 is 1.35 bits per heavy atom. The first kappa shape index (κ1) is 15.6. The highest BCUT2D eigenvalue weighted by Gasteiger charge is 2.31. The molecule has 1 fully saturated rings. The van der Waals surface area contributed by atoms with Crippen molar-refractivity contribution in [3.05, 3.63) is 41.3 Å². The maximum atomic E-state index is 12.3. The van der Waals surface area contributed by atoms with Crippen LogP contribution >= 0.6 is 0 Å². The van der Waals surface area contributed by atoms with E-state index in [1.54, 1.807) is 12.4 Å². The van der Waals surface area contributed by atoms with E-state index < -0.39 is 0 Å². The van der Waals surface area contributed by atoms with E-state index in [9.17, 15) is 4.79 Å². The van der Waals surface area contributed by atoms with Gasteiger partial charge in [-0.25, -0.2) is 9.97 Å². The standard InChI is InChI=1S/C16H20N4O3/c1-3-15-17-6-12(7-18-15)16(21)19-14-9-22-8-11(14)5-13-4-10(2)20-23-13/h4,6-7,11,14H,3,5,8-9H2,1-2H3,(H,19,21)/t11-,14+/m1/s1. The quantitative estimate of drug-likeness (QED) is 0.895. The molecule has 2 atom stereocenters. The van der Waals surface area contributed by atoms with Crippen LogP contribution in [0.3, 0.4) is 0 Å². The van der Waals surface area contributed by atoms with E-state index >= 15 is 0 Å². The second-order valence-electron chi connectivity index (χ2n) is 5.76. The Kier molecular flexibility index (Phi) is 4.66. The lowest BCUT2D eigenvalue weighted by Crippen LogP contribution is -2.40. The molecule has 0 aliphatic carbocycles. The third kappa shape index (κ3) is 3.73. The van der Waals surface area contributed by atoms with Crippen LogP contribution in [0, 0.1) is 12.8 Å². The van der Waals surface area contributed by atoms with Crippen LogP contribution in [-0.4, -0.2) is 40.3 Å². The Bertz CT molecular complexity index is 668. The van der Waals surface area contributed by atoms with E-state index in [1.165, 1.54) is 0 Å². The number of carbonyl (C=O) groups excluding carboxylic acids is 1. The molecule has 1 aliphatic rings. The van der Waals surface area contributed by atoms with Gasteiger partial charge < -0.3 is 14.6 Å². The van der Waals surface area contributed by atoms with Gasteiger partial charge in [-0.3, -0.25) is 4.79 Å². The highest BCUT2D eigenvalue weighted by molar-refractivity contribution is 5.93. The molecule has 1 amide bonds. The fraction of sp³-hybridized carbons (Fsp3) is 0.500. The van der Waals surface area contributed by atoms with Crippen molar-refractivity contribution in [2.75, 3.05) is 13.2 Å². The molecule has 0 aromatic carbocycles. The Labute approximate surface area is 134 Å². The smallest absolute Gasteiger partial charge is 0.254 e. The van der Waals surface area contributed by atoms with Gasteiger partial charge in [-0.15, -0.1) is 0 Å². The fourth-order valence-corrected chi connectivity index (χ4v) is 2.64. The summed E-state index contributed by atoms with van der Waals surface area (Å²) in [4.78, 5) is 20.6. The van der Waals surface area contributed by atoms with Crippen molar-refractivity contribution in [1.29, 1.82) is 0 Å². The average molecular weight is 316 g/mol. The molecule has 0 radical (unpaired) electrons. The van der Waals surface area contributed by atoms with E-state index in [2.05, 4.69) is 20.4 Å². The lowest BCUT2D eigenvalue weighted by Gasteiger charge is -2.17. The van der Waals surface area contributed by atoms with Gasteiger partial charge in [0, 0.05) is 37.2 Å². The molecule has 3 heterocycles. The minimum Gasteiger partial charge on any atom is -0.379 e. The van der Waals surface area contributed by atoms with Crippen LogP contribution in [0.15, 0.2) is 23.0 Å². The predicted octanol–water partition coefficient (Wildman–Crippen LogP) is 1.32. The largest absolute Gasteiger partial charge is 0.379 e. The summed E-state index contributed by atoms with van der Waals surface area (Å²) in [6.45, 7) is 4.95. The first-order valence-electron chi connectivity index (χ1n) is 7.77. The number of nitrogens with one attached hydrogen (secondary N) is 1. The SMILES string of the molecule is CCc1ncc(C(=O)N[C@H]2COC[C@H]2Cc2cc(C)no2)cn1. The number of aryl methyl sites for hydroxylation is 2. The number of amides is 1. The maximum absolute atomic E-state index is 12.3. The summed E-state index contributed by atoms with van der Waals surface area (Å²) in [6, 6.07) is 1.85. The summed E-state index contributed by atoms with van der Waals surface area (Å²) in [5, 5.41) is 6.89. The molecule has 0 bridgehead atoms. The third-order valence-corrected chi connectivity index (χ3v) is 3.94. The van der Waals surface area contributed by atoms with E-state index in [0.29, 0.717) is 25.2 Å². The molecular weight excluding hydrogens is 296 g/mol. The van der Waals surface area contributed by atoms with Crippen LogP contribution < -0.4 is 5.32 Å². The van der Waals surface area contributed by atoms with Gasteiger partial charge in [-0.05, 0) is 6.92 Å². The summed E-state index contributed by atoms with van der Waals surface area (Å²) in [7, 11) is 0. The van der Waals surface area contributed by atoms with Gasteiger partial charge in [0.15, 0.2) is 0 Å². The van der Waals surface area contributed by atoms with Gasteiger partial charge in [0.1, 0.15) is 11.6 Å². The van der Waals surface area contributed by atoms with Crippen LogP contribution in [-0.2, 0) is 17.6 Å². The second kappa shape index (κ2) is 6.87. The van der Waals surface area contributed by atoms with Gasteiger partial charge in [0.25, 0.3) is 5.91 Å². The van der Waals surface area contributed by atoms with Crippen molar-refractivity contribution < 1.29 is 14.1 Å². The van der Waals surface area contributed by atoms with Gasteiger partial charge in [-0.1, -0.05) is 12.1 Å². The van der Waals surface area contributed by atoms with E-state index in [-0.39, 0.29) is 17.9 Å². The number of hydrogen-bond acceptors (Lipinski definition) is 6. The highest BCUT2D eigenvalue weighted by Crippen LogP contribution is 2.20. The van der Waals surface area contributed by atoms with Crippen LogP contribution in [0.1, 0.15) is 34.6 Å². The van der Waals surface area contributed by atoms with Crippen molar-refractivity contribution in [3.8, 4) is 0 Å². The van der Waals surface area contributed by atoms with E-state index in [0.717, 1.165) is 23.7 Å². The topological polar surface area (TPSA) is 90.1 Å². The minimum atomic E-state index is -0.179. The lowest BCUT2D eigenvalue weighted by molar-refractivity contribution is 0.0923. The zero-order valence-corrected chi connectivity index (χ0v) is 13.3. The Morgan fingerprint density at radius 3 is 2.78 bits per heavy atom.